The molecule has 3 heterocycles. The van der Waals surface area contributed by atoms with E-state index in [4.69, 9.17) is 11.6 Å². The first kappa shape index (κ1) is 13.7. The Labute approximate surface area is 126 Å². The van der Waals surface area contributed by atoms with Crippen molar-refractivity contribution in [1.29, 1.82) is 5.26 Å². The largest absolute Gasteiger partial charge is 0.352 e. The summed E-state index contributed by atoms with van der Waals surface area (Å²) < 4.78 is 13.3. The maximum atomic E-state index is 13.3. The van der Waals surface area contributed by atoms with Gasteiger partial charge in [0.1, 0.15) is 18.1 Å². The van der Waals surface area contributed by atoms with E-state index in [9.17, 15) is 9.65 Å². The van der Waals surface area contributed by atoms with Crippen LogP contribution in [0.4, 0.5) is 10.2 Å². The second-order valence-corrected chi connectivity index (χ2v) is 5.09. The molecule has 7 heteroatoms. The summed E-state index contributed by atoms with van der Waals surface area (Å²) in [6, 6.07) is 5.49. The summed E-state index contributed by atoms with van der Waals surface area (Å²) in [5.41, 5.74) is 1.67. The molecule has 2 aromatic heterocycles. The van der Waals surface area contributed by atoms with E-state index in [1.165, 1.54) is 0 Å². The second kappa shape index (κ2) is 5.62. The van der Waals surface area contributed by atoms with Crippen molar-refractivity contribution >= 4 is 17.4 Å². The number of alkyl halides is 1. The van der Waals surface area contributed by atoms with E-state index >= 15 is 0 Å². The van der Waals surface area contributed by atoms with E-state index in [1.54, 1.807) is 29.4 Å². The van der Waals surface area contributed by atoms with Crippen LogP contribution in [-0.2, 0) is 0 Å². The Kier molecular flexibility index (Phi) is 3.67. The molecular weight excluding hydrogens is 293 g/mol. The topological polar surface area (TPSA) is 65.7 Å². The Hall–Kier alpha value is -2.26. The zero-order valence-corrected chi connectivity index (χ0v) is 11.8. The summed E-state index contributed by atoms with van der Waals surface area (Å²) in [5, 5.41) is 9.44. The highest BCUT2D eigenvalue weighted by molar-refractivity contribution is 6.28. The SMILES string of the molecule is N#Cc1cc(-c2ccnc(Cl)n2)cnc1N1CC[C@H](F)C1. The van der Waals surface area contributed by atoms with Crippen LogP contribution in [0.3, 0.4) is 0 Å². The maximum absolute atomic E-state index is 13.3. The lowest BCUT2D eigenvalue weighted by Gasteiger charge is -2.17. The molecule has 0 saturated carbocycles. The molecule has 2 aromatic rings. The smallest absolute Gasteiger partial charge is 0.222 e. The fourth-order valence-electron chi connectivity index (χ4n) is 2.34. The van der Waals surface area contributed by atoms with Crippen LogP contribution in [0.2, 0.25) is 5.28 Å². The Morgan fingerprint density at radius 2 is 2.29 bits per heavy atom. The number of hydrogen-bond acceptors (Lipinski definition) is 5. The van der Waals surface area contributed by atoms with Gasteiger partial charge in [0, 0.05) is 24.5 Å². The van der Waals surface area contributed by atoms with Crippen LogP contribution < -0.4 is 4.90 Å². The number of aromatic nitrogens is 3. The third kappa shape index (κ3) is 2.78. The Morgan fingerprint density at radius 3 is 2.95 bits per heavy atom. The van der Waals surface area contributed by atoms with Gasteiger partial charge in [-0.05, 0) is 30.2 Å². The van der Waals surface area contributed by atoms with Gasteiger partial charge < -0.3 is 4.90 Å². The highest BCUT2D eigenvalue weighted by Crippen LogP contribution is 2.27. The van der Waals surface area contributed by atoms with Crippen molar-refractivity contribution in [3.63, 3.8) is 0 Å². The van der Waals surface area contributed by atoms with Crippen molar-refractivity contribution in [2.75, 3.05) is 18.0 Å². The predicted molar refractivity (Wildman–Crippen MR) is 76.7 cm³/mol. The fourth-order valence-corrected chi connectivity index (χ4v) is 2.48. The van der Waals surface area contributed by atoms with Crippen molar-refractivity contribution in [3.8, 4) is 17.3 Å². The van der Waals surface area contributed by atoms with E-state index < -0.39 is 6.17 Å². The van der Waals surface area contributed by atoms with Crippen molar-refractivity contribution in [1.82, 2.24) is 15.0 Å². The molecule has 106 valence electrons. The Bertz CT molecular complexity index is 715. The highest BCUT2D eigenvalue weighted by atomic mass is 35.5. The zero-order chi connectivity index (χ0) is 14.8. The lowest BCUT2D eigenvalue weighted by molar-refractivity contribution is 0.364. The summed E-state index contributed by atoms with van der Waals surface area (Å²) in [7, 11) is 0. The van der Waals surface area contributed by atoms with Gasteiger partial charge in [-0.15, -0.1) is 0 Å². The number of hydrogen-bond donors (Lipinski definition) is 0. The maximum Gasteiger partial charge on any atom is 0.222 e. The highest BCUT2D eigenvalue weighted by Gasteiger charge is 2.25. The number of anilines is 1. The number of nitriles is 1. The summed E-state index contributed by atoms with van der Waals surface area (Å²) in [6.45, 7) is 0.849. The normalized spacial score (nSPS) is 17.8. The standard InChI is InChI=1S/C14H11ClFN5/c15-14-18-3-1-12(20-14)10-5-9(6-17)13(19-7-10)21-4-2-11(16)8-21/h1,3,5,7,11H,2,4,8H2/t11-/m0/s1. The van der Waals surface area contributed by atoms with Crippen LogP contribution in [0.1, 0.15) is 12.0 Å². The van der Waals surface area contributed by atoms with E-state index in [2.05, 4.69) is 21.0 Å². The Morgan fingerprint density at radius 1 is 1.43 bits per heavy atom. The second-order valence-electron chi connectivity index (χ2n) is 4.75. The monoisotopic (exact) mass is 303 g/mol. The first-order valence-corrected chi connectivity index (χ1v) is 6.83. The minimum atomic E-state index is -0.862. The van der Waals surface area contributed by atoms with Gasteiger partial charge in [-0.1, -0.05) is 0 Å². The summed E-state index contributed by atoms with van der Waals surface area (Å²) in [6.07, 6.45) is 2.76. The average Bonchev–Trinajstić information content (AvgIpc) is 2.93. The molecule has 5 nitrogen and oxygen atoms in total. The molecule has 0 unspecified atom stereocenters. The minimum absolute atomic E-state index is 0.134. The zero-order valence-electron chi connectivity index (χ0n) is 11.0. The van der Waals surface area contributed by atoms with E-state index in [-0.39, 0.29) is 11.8 Å². The molecule has 0 radical (unpaired) electrons. The van der Waals surface area contributed by atoms with Gasteiger partial charge in [0.05, 0.1) is 17.8 Å². The first-order chi connectivity index (χ1) is 10.2. The summed E-state index contributed by atoms with van der Waals surface area (Å²) >= 11 is 5.76. The lowest BCUT2D eigenvalue weighted by atomic mass is 10.1. The molecular formula is C14H11ClFN5. The summed E-state index contributed by atoms with van der Waals surface area (Å²) in [4.78, 5) is 14.0. The number of rotatable bonds is 2. The molecule has 0 aromatic carbocycles. The molecule has 21 heavy (non-hydrogen) atoms. The van der Waals surface area contributed by atoms with Crippen molar-refractivity contribution < 1.29 is 4.39 Å². The Balaban J connectivity index is 1.98. The van der Waals surface area contributed by atoms with Crippen LogP contribution in [0.5, 0.6) is 0 Å². The van der Waals surface area contributed by atoms with E-state index in [0.29, 0.717) is 35.6 Å². The molecule has 0 spiro atoms. The van der Waals surface area contributed by atoms with Gasteiger partial charge >= 0.3 is 0 Å². The van der Waals surface area contributed by atoms with Crippen LogP contribution in [0.25, 0.3) is 11.3 Å². The van der Waals surface area contributed by atoms with Crippen LogP contribution in [0, 0.1) is 11.3 Å². The van der Waals surface area contributed by atoms with Crippen LogP contribution in [-0.4, -0.2) is 34.2 Å². The molecule has 0 N–H and O–H groups in total. The molecule has 0 amide bonds. The quantitative estimate of drug-likeness (QED) is 0.798. The van der Waals surface area contributed by atoms with Gasteiger partial charge in [0.15, 0.2) is 0 Å². The van der Waals surface area contributed by atoms with E-state index in [1.807, 2.05) is 0 Å². The third-order valence-corrected chi connectivity index (χ3v) is 3.52. The molecule has 0 aliphatic carbocycles. The molecule has 1 aliphatic heterocycles. The summed E-state index contributed by atoms with van der Waals surface area (Å²) in [5.74, 6) is 0.515. The number of nitrogens with zero attached hydrogens (tertiary/aromatic N) is 5. The molecule has 3 rings (SSSR count). The van der Waals surface area contributed by atoms with Gasteiger partial charge in [-0.2, -0.15) is 5.26 Å². The molecule has 0 bridgehead atoms. The number of halogens is 2. The molecule has 1 fully saturated rings. The van der Waals surface area contributed by atoms with Crippen molar-refractivity contribution in [2.24, 2.45) is 0 Å². The predicted octanol–water partition coefficient (Wildman–Crippen LogP) is 2.61. The fraction of sp³-hybridized carbons (Fsp3) is 0.286. The van der Waals surface area contributed by atoms with Gasteiger partial charge in [0.25, 0.3) is 0 Å². The van der Waals surface area contributed by atoms with Gasteiger partial charge in [0.2, 0.25) is 5.28 Å². The molecule has 1 atom stereocenters. The molecule has 1 aliphatic rings. The average molecular weight is 304 g/mol. The van der Waals surface area contributed by atoms with E-state index in [0.717, 1.165) is 0 Å². The lowest BCUT2D eigenvalue weighted by Crippen LogP contribution is -2.22. The van der Waals surface area contributed by atoms with Gasteiger partial charge in [-0.3, -0.25) is 0 Å². The van der Waals surface area contributed by atoms with Crippen LogP contribution >= 0.6 is 11.6 Å². The van der Waals surface area contributed by atoms with Gasteiger partial charge in [-0.25, -0.2) is 19.3 Å². The molecule has 1 saturated heterocycles. The number of pyridine rings is 1. The van der Waals surface area contributed by atoms with Crippen molar-refractivity contribution in [2.45, 2.75) is 12.6 Å². The van der Waals surface area contributed by atoms with Crippen molar-refractivity contribution in [3.05, 3.63) is 35.4 Å². The van der Waals surface area contributed by atoms with Crippen LogP contribution in [0.15, 0.2) is 24.5 Å². The third-order valence-electron chi connectivity index (χ3n) is 3.34. The first-order valence-electron chi connectivity index (χ1n) is 6.45. The minimum Gasteiger partial charge on any atom is -0.352 e.